The Labute approximate surface area is 110 Å². The van der Waals surface area contributed by atoms with Crippen molar-refractivity contribution in [3.63, 3.8) is 0 Å². The highest BCUT2D eigenvalue weighted by molar-refractivity contribution is 6.26. The number of ketones is 2. The molecule has 0 bridgehead atoms. The van der Waals surface area contributed by atoms with E-state index in [1.807, 2.05) is 4.90 Å². The lowest BCUT2D eigenvalue weighted by Gasteiger charge is -2.17. The number of H-pyrrole nitrogens is 1. The molecule has 0 radical (unpaired) electrons. The molecule has 19 heavy (non-hydrogen) atoms. The molecule has 1 fully saturated rings. The molecule has 0 saturated carbocycles. The molecule has 0 aromatic carbocycles. The van der Waals surface area contributed by atoms with Crippen molar-refractivity contribution in [2.24, 2.45) is 0 Å². The molecule has 1 aromatic heterocycles. The third-order valence-electron chi connectivity index (χ3n) is 3.83. The Morgan fingerprint density at radius 1 is 1.21 bits per heavy atom. The van der Waals surface area contributed by atoms with Gasteiger partial charge in [-0.2, -0.15) is 0 Å². The first-order valence-electron chi connectivity index (χ1n) is 6.39. The van der Waals surface area contributed by atoms with Crippen LogP contribution in [-0.4, -0.2) is 39.6 Å². The number of carbonyl (C=O) groups is 2. The second kappa shape index (κ2) is 3.81. The van der Waals surface area contributed by atoms with Gasteiger partial charge in [0.05, 0.1) is 17.4 Å². The van der Waals surface area contributed by atoms with Crippen LogP contribution < -0.4 is 0 Å². The normalized spacial score (nSPS) is 19.9. The van der Waals surface area contributed by atoms with E-state index in [1.54, 1.807) is 20.8 Å². The number of nitrogens with one attached hydrogen (secondary N) is 1. The van der Waals surface area contributed by atoms with Gasteiger partial charge in [-0.05, 0) is 26.3 Å². The Kier molecular flexibility index (Phi) is 2.44. The molecule has 2 aliphatic rings. The maximum atomic E-state index is 12.5. The predicted molar refractivity (Wildman–Crippen MR) is 69.1 cm³/mol. The van der Waals surface area contributed by atoms with Crippen molar-refractivity contribution in [2.75, 3.05) is 13.1 Å². The van der Waals surface area contributed by atoms with Gasteiger partial charge in [0.15, 0.2) is 5.78 Å². The van der Waals surface area contributed by atoms with Gasteiger partial charge >= 0.3 is 0 Å². The lowest BCUT2D eigenvalue weighted by atomic mass is 9.90. The Morgan fingerprint density at radius 2 is 1.84 bits per heavy atom. The molecule has 1 atom stereocenters. The summed E-state index contributed by atoms with van der Waals surface area (Å²) < 4.78 is 0. The van der Waals surface area contributed by atoms with Gasteiger partial charge in [0.1, 0.15) is 5.69 Å². The van der Waals surface area contributed by atoms with E-state index in [9.17, 15) is 14.7 Å². The summed E-state index contributed by atoms with van der Waals surface area (Å²) in [5, 5.41) is 9.70. The number of aromatic nitrogens is 1. The zero-order valence-corrected chi connectivity index (χ0v) is 11.2. The Bertz CT molecular complexity index is 633. The minimum Gasteiger partial charge on any atom is -0.387 e. The van der Waals surface area contributed by atoms with Crippen LogP contribution in [0.15, 0.2) is 11.3 Å². The lowest BCUT2D eigenvalue weighted by molar-refractivity contribution is 0.0957. The van der Waals surface area contributed by atoms with Gasteiger partial charge in [0.25, 0.3) is 0 Å². The number of aromatic amines is 1. The summed E-state index contributed by atoms with van der Waals surface area (Å²) in [5.74, 6) is -0.253. The van der Waals surface area contributed by atoms with E-state index < -0.39 is 6.10 Å². The van der Waals surface area contributed by atoms with Crippen LogP contribution in [0.25, 0.3) is 0 Å². The summed E-state index contributed by atoms with van der Waals surface area (Å²) in [6.07, 6.45) is -0.726. The van der Waals surface area contributed by atoms with E-state index in [-0.39, 0.29) is 11.6 Å². The molecule has 5 nitrogen and oxygen atoms in total. The Hall–Kier alpha value is -1.88. The van der Waals surface area contributed by atoms with Gasteiger partial charge in [-0.25, -0.2) is 0 Å². The fourth-order valence-corrected chi connectivity index (χ4v) is 2.72. The molecule has 3 rings (SSSR count). The minimum atomic E-state index is -0.726. The highest BCUT2D eigenvalue weighted by Crippen LogP contribution is 2.34. The summed E-state index contributed by atoms with van der Waals surface area (Å²) in [6, 6.07) is 0. The van der Waals surface area contributed by atoms with Crippen LogP contribution in [-0.2, 0) is 0 Å². The molecule has 100 valence electrons. The first kappa shape index (κ1) is 12.2. The summed E-state index contributed by atoms with van der Waals surface area (Å²) in [7, 11) is 0. The van der Waals surface area contributed by atoms with Gasteiger partial charge in [-0.1, -0.05) is 0 Å². The number of carbonyl (C=O) groups excluding carboxylic acids is 2. The predicted octanol–water partition coefficient (Wildman–Crippen LogP) is 1.35. The smallest absolute Gasteiger partial charge is 0.226 e. The third kappa shape index (κ3) is 1.58. The average Bonchev–Trinajstić information content (AvgIpc) is 3.09. The fourth-order valence-electron chi connectivity index (χ4n) is 2.72. The van der Waals surface area contributed by atoms with Crippen LogP contribution in [0, 0.1) is 6.92 Å². The fraction of sp³-hybridized carbons (Fsp3) is 0.429. The molecule has 2 heterocycles. The SMILES string of the molecule is CC1=C(N2CC2)C(=O)c2[nH]c(C(C)O)c(C)c2C1=O. The second-order valence-corrected chi connectivity index (χ2v) is 5.21. The molecule has 1 unspecified atom stereocenters. The molecule has 1 aromatic rings. The number of nitrogens with zero attached hydrogens (tertiary/aromatic N) is 1. The van der Waals surface area contributed by atoms with Crippen molar-refractivity contribution in [3.05, 3.63) is 33.8 Å². The first-order valence-corrected chi connectivity index (χ1v) is 6.39. The van der Waals surface area contributed by atoms with Crippen LogP contribution in [0.2, 0.25) is 0 Å². The topological polar surface area (TPSA) is 73.2 Å². The third-order valence-corrected chi connectivity index (χ3v) is 3.83. The molecule has 2 N–H and O–H groups in total. The van der Waals surface area contributed by atoms with Gasteiger partial charge in [-0.15, -0.1) is 0 Å². The molecule has 0 spiro atoms. The summed E-state index contributed by atoms with van der Waals surface area (Å²) in [4.78, 5) is 29.7. The number of Topliss-reactive ketones (excluding diaryl/α,β-unsaturated/α-hetero) is 2. The molecule has 1 saturated heterocycles. The molecule has 0 amide bonds. The number of allylic oxidation sites excluding steroid dienone is 2. The number of aliphatic hydroxyl groups is 1. The monoisotopic (exact) mass is 260 g/mol. The van der Waals surface area contributed by atoms with E-state index in [0.717, 1.165) is 13.1 Å². The van der Waals surface area contributed by atoms with Gasteiger partial charge in [-0.3, -0.25) is 9.59 Å². The van der Waals surface area contributed by atoms with Crippen molar-refractivity contribution in [3.8, 4) is 0 Å². The standard InChI is InChI=1S/C14H16N2O3/c1-6-9-11(15-10(6)8(3)17)14(19)12(16-4-5-16)7(2)13(9)18/h8,15,17H,4-5H2,1-3H3. The van der Waals surface area contributed by atoms with Gasteiger partial charge in [0.2, 0.25) is 5.78 Å². The van der Waals surface area contributed by atoms with Crippen LogP contribution >= 0.6 is 0 Å². The molecular formula is C14H16N2O3. The molecular weight excluding hydrogens is 244 g/mol. The first-order chi connectivity index (χ1) is 8.93. The quantitative estimate of drug-likeness (QED) is 0.787. The van der Waals surface area contributed by atoms with E-state index in [4.69, 9.17) is 0 Å². The highest BCUT2D eigenvalue weighted by Gasteiger charge is 2.39. The number of hydrogen-bond donors (Lipinski definition) is 2. The summed E-state index contributed by atoms with van der Waals surface area (Å²) in [6.45, 7) is 6.72. The highest BCUT2D eigenvalue weighted by atomic mass is 16.3. The van der Waals surface area contributed by atoms with E-state index in [1.165, 1.54) is 0 Å². The minimum absolute atomic E-state index is 0.114. The largest absolute Gasteiger partial charge is 0.387 e. The lowest BCUT2D eigenvalue weighted by Crippen LogP contribution is -2.24. The van der Waals surface area contributed by atoms with Crippen molar-refractivity contribution in [1.29, 1.82) is 0 Å². The molecule has 1 aliphatic heterocycles. The number of aliphatic hydroxyl groups excluding tert-OH is 1. The average molecular weight is 260 g/mol. The van der Waals surface area contributed by atoms with E-state index in [2.05, 4.69) is 4.98 Å². The maximum absolute atomic E-state index is 12.5. The van der Waals surface area contributed by atoms with Gasteiger partial charge < -0.3 is 15.0 Å². The maximum Gasteiger partial charge on any atom is 0.226 e. The number of fused-ring (bicyclic) bond motifs is 1. The van der Waals surface area contributed by atoms with E-state index >= 15 is 0 Å². The van der Waals surface area contributed by atoms with Crippen molar-refractivity contribution < 1.29 is 14.7 Å². The number of hydrogen-bond acceptors (Lipinski definition) is 4. The van der Waals surface area contributed by atoms with Crippen LogP contribution in [0.5, 0.6) is 0 Å². The van der Waals surface area contributed by atoms with Crippen molar-refractivity contribution in [1.82, 2.24) is 9.88 Å². The van der Waals surface area contributed by atoms with Crippen LogP contribution in [0.1, 0.15) is 52.1 Å². The second-order valence-electron chi connectivity index (χ2n) is 5.21. The zero-order chi connectivity index (χ0) is 13.9. The van der Waals surface area contributed by atoms with E-state index in [0.29, 0.717) is 33.8 Å². The Morgan fingerprint density at radius 3 is 2.37 bits per heavy atom. The summed E-state index contributed by atoms with van der Waals surface area (Å²) >= 11 is 0. The Balaban J connectivity index is 2.20. The number of rotatable bonds is 2. The van der Waals surface area contributed by atoms with Crippen molar-refractivity contribution in [2.45, 2.75) is 26.9 Å². The molecule has 5 heteroatoms. The summed E-state index contributed by atoms with van der Waals surface area (Å²) in [5.41, 5.74) is 2.99. The van der Waals surface area contributed by atoms with Gasteiger partial charge in [0, 0.05) is 24.4 Å². The van der Waals surface area contributed by atoms with Crippen LogP contribution in [0.3, 0.4) is 0 Å². The zero-order valence-electron chi connectivity index (χ0n) is 11.2. The van der Waals surface area contributed by atoms with Crippen molar-refractivity contribution >= 4 is 11.6 Å². The van der Waals surface area contributed by atoms with Crippen LogP contribution in [0.4, 0.5) is 0 Å². The molecule has 1 aliphatic carbocycles.